The number of aliphatic hydroxyl groups is 1. The molecule has 0 radical (unpaired) electrons. The monoisotopic (exact) mass is 1260 g/mol. The number of carbonyl (C=O) groups is 6. The fourth-order valence-corrected chi connectivity index (χ4v) is 14.1. The van der Waals surface area contributed by atoms with Gasteiger partial charge in [-0.1, -0.05) is 112 Å². The number of fused-ring (bicyclic) bond motifs is 2. The number of aromatic nitrogens is 3. The van der Waals surface area contributed by atoms with Crippen LogP contribution in [0.15, 0.2) is 90.4 Å². The van der Waals surface area contributed by atoms with Crippen LogP contribution >= 0.6 is 34.0 Å². The number of nitrogens with one attached hydrogen (secondary N) is 3. The summed E-state index contributed by atoms with van der Waals surface area (Å²) in [6.45, 7) is 11.0. The molecule has 5 amide bonds. The molecule has 2 aliphatic heterocycles. The topological polar surface area (TPSA) is 237 Å². The first kappa shape index (κ1) is 64.8. The predicted octanol–water partition coefficient (Wildman–Crippen LogP) is 11.3. The number of β-amino-alcohol motifs (C(OH)–C–C–N with tert-alkyl or cyclic N) is 1. The second kappa shape index (κ2) is 29.6. The van der Waals surface area contributed by atoms with Crippen molar-refractivity contribution in [1.29, 1.82) is 0 Å². The number of amides is 5. The Balaban J connectivity index is 0.666. The third-order valence-electron chi connectivity index (χ3n) is 16.3. The number of unbranched alkanes of at least 4 members (excludes halogenated alkanes) is 4. The van der Waals surface area contributed by atoms with E-state index in [4.69, 9.17) is 4.74 Å². The van der Waals surface area contributed by atoms with E-state index in [1.807, 2.05) is 112 Å². The Bertz CT molecular complexity index is 3590. The molecule has 22 heteroatoms. The maximum absolute atomic E-state index is 15.3. The molecule has 88 heavy (non-hydrogen) atoms. The molecule has 1 saturated heterocycles. The van der Waals surface area contributed by atoms with Gasteiger partial charge in [0.15, 0.2) is 27.5 Å². The number of hydrogen-bond acceptors (Lipinski definition) is 15. The van der Waals surface area contributed by atoms with Gasteiger partial charge in [0.2, 0.25) is 23.6 Å². The minimum Gasteiger partial charge on any atom is -0.490 e. The normalized spacial score (nSPS) is 15.6. The van der Waals surface area contributed by atoms with Crippen LogP contribution in [-0.4, -0.2) is 122 Å². The largest absolute Gasteiger partial charge is 0.490 e. The van der Waals surface area contributed by atoms with Gasteiger partial charge in [0.05, 0.1) is 45.1 Å². The number of benzene rings is 4. The number of rotatable bonds is 27. The van der Waals surface area contributed by atoms with Crippen LogP contribution in [0.3, 0.4) is 0 Å². The van der Waals surface area contributed by atoms with Gasteiger partial charge in [-0.3, -0.25) is 29.3 Å². The van der Waals surface area contributed by atoms with Crippen LogP contribution in [0.2, 0.25) is 0 Å². The average molecular weight is 1260 g/mol. The Hall–Kier alpha value is -7.66. The average Bonchev–Trinajstić information content (AvgIpc) is 2.97. The highest BCUT2D eigenvalue weighted by Crippen LogP contribution is 2.35. The van der Waals surface area contributed by atoms with Crippen LogP contribution in [0.5, 0.6) is 5.75 Å². The van der Waals surface area contributed by atoms with Crippen molar-refractivity contribution < 1.29 is 48.1 Å². The third kappa shape index (κ3) is 16.3. The number of likely N-dealkylation sites (tertiary alicyclic amines) is 1. The fraction of sp³-hybridized carbons (Fsp3) is 0.439. The minimum atomic E-state index is -1.14. The van der Waals surface area contributed by atoms with Crippen LogP contribution in [0.25, 0.3) is 20.7 Å². The first-order valence-corrected chi connectivity index (χ1v) is 32.7. The van der Waals surface area contributed by atoms with Gasteiger partial charge in [0, 0.05) is 62.9 Å². The van der Waals surface area contributed by atoms with E-state index in [2.05, 4.69) is 30.9 Å². The summed E-state index contributed by atoms with van der Waals surface area (Å²) in [5.74, 6) is -2.81. The summed E-state index contributed by atoms with van der Waals surface area (Å²) in [6.07, 6.45) is 5.91. The van der Waals surface area contributed by atoms with Crippen molar-refractivity contribution in [3.8, 4) is 16.2 Å². The van der Waals surface area contributed by atoms with E-state index in [0.717, 1.165) is 62.3 Å². The second-order valence-corrected chi connectivity index (χ2v) is 26.8. The molecule has 0 aliphatic carbocycles. The fourth-order valence-electron chi connectivity index (χ4n) is 11.3. The number of hydrogen-bond donors (Lipinski definition) is 5. The number of aryl methyl sites for hydroxylation is 3. The lowest BCUT2D eigenvalue weighted by Gasteiger charge is -2.35. The lowest BCUT2D eigenvalue weighted by atomic mass is 9.85. The van der Waals surface area contributed by atoms with Crippen molar-refractivity contribution in [2.45, 2.75) is 149 Å². The number of aliphatic hydroxyl groups excluding tert-OH is 1. The van der Waals surface area contributed by atoms with E-state index >= 15 is 4.39 Å². The molecule has 1 fully saturated rings. The number of carbonyl (C=O) groups excluding carboxylic acids is 5. The molecule has 466 valence electrons. The smallest absolute Gasteiger partial charge is 0.355 e. The van der Waals surface area contributed by atoms with Crippen molar-refractivity contribution in [3.05, 3.63) is 140 Å². The maximum atomic E-state index is 15.3. The summed E-state index contributed by atoms with van der Waals surface area (Å²) >= 11 is 4.27. The highest BCUT2D eigenvalue weighted by Gasteiger charge is 2.45. The first-order valence-electron chi connectivity index (χ1n) is 30.2. The van der Waals surface area contributed by atoms with Gasteiger partial charge in [-0.25, -0.2) is 24.1 Å². The zero-order valence-electron chi connectivity index (χ0n) is 50.7. The number of halogens is 1. The van der Waals surface area contributed by atoms with E-state index in [0.29, 0.717) is 97.3 Å². The molecule has 18 nitrogen and oxygen atoms in total. The summed E-state index contributed by atoms with van der Waals surface area (Å²) in [7, 11) is 1.76. The van der Waals surface area contributed by atoms with Crippen molar-refractivity contribution in [1.82, 2.24) is 35.4 Å². The molecular formula is C66H78FN9O9S3. The predicted molar refractivity (Wildman–Crippen MR) is 343 cm³/mol. The standard InChI is InChI=1S/C66H78FN9O9S3/c1-40(42-28-30-45(31-29-42)58-41(2)68-39-86-58)69-61(81)51-36-46(77)37-76(51)62(82)59(66(3,4)5)71-54(78)26-10-8-7-9-11-27-55(79)74(6)33-16-20-44-19-15-22-49(67)57(44)85-35-17-25-53-56(63(83)84)72-65(88-53)75-34-32-43-18-14-21-47(48(43)38-75)60(80)73-64-70-50-23-12-13-24-52(50)87-64/h12-15,18-19,21-24,28-31,39-40,46,51,59,77H,7-11,16-17,20,25-27,32-38H2,1-6H3,(H,69,81)(H,71,78)(H,83,84)(H,70,73,80)/t40-,46+,51-,59+/m0/s1. The van der Waals surface area contributed by atoms with E-state index in [1.165, 1.54) is 33.6 Å². The molecule has 4 atom stereocenters. The lowest BCUT2D eigenvalue weighted by Crippen LogP contribution is -2.57. The summed E-state index contributed by atoms with van der Waals surface area (Å²) in [4.78, 5) is 101. The van der Waals surface area contributed by atoms with Gasteiger partial charge in [-0.15, -0.1) is 22.7 Å². The van der Waals surface area contributed by atoms with Gasteiger partial charge in [0.25, 0.3) is 5.91 Å². The van der Waals surface area contributed by atoms with Crippen LogP contribution in [0.1, 0.15) is 152 Å². The number of aromatic carboxylic acids is 1. The quantitative estimate of drug-likeness (QED) is 0.0302. The Morgan fingerprint density at radius 2 is 1.61 bits per heavy atom. The van der Waals surface area contributed by atoms with Crippen LogP contribution < -0.4 is 25.6 Å². The number of para-hydroxylation sites is 2. The number of nitrogens with zero attached hydrogens (tertiary/aromatic N) is 6. The minimum absolute atomic E-state index is 0.00595. The summed E-state index contributed by atoms with van der Waals surface area (Å²) in [5.41, 5.74) is 7.89. The zero-order valence-corrected chi connectivity index (χ0v) is 53.2. The number of anilines is 2. The van der Waals surface area contributed by atoms with Gasteiger partial charge in [0.1, 0.15) is 12.1 Å². The Morgan fingerprint density at radius 1 is 0.864 bits per heavy atom. The second-order valence-electron chi connectivity index (χ2n) is 23.9. The molecular weight excluding hydrogens is 1180 g/mol. The number of ether oxygens (including phenoxy) is 1. The maximum Gasteiger partial charge on any atom is 0.355 e. The van der Waals surface area contributed by atoms with Gasteiger partial charge in [-0.05, 0) is 116 Å². The van der Waals surface area contributed by atoms with Crippen molar-refractivity contribution in [2.75, 3.05) is 43.5 Å². The molecule has 5 N–H and O–H groups in total. The highest BCUT2D eigenvalue weighted by molar-refractivity contribution is 7.22. The highest BCUT2D eigenvalue weighted by atomic mass is 32.1. The first-order chi connectivity index (χ1) is 42.2. The van der Waals surface area contributed by atoms with Crippen molar-refractivity contribution in [2.24, 2.45) is 5.41 Å². The van der Waals surface area contributed by atoms with E-state index in [1.54, 1.807) is 35.4 Å². The number of carboxylic acids is 1. The van der Waals surface area contributed by atoms with Gasteiger partial charge in [-0.2, -0.15) is 0 Å². The molecule has 9 rings (SSSR count). The van der Waals surface area contributed by atoms with Crippen LogP contribution in [0.4, 0.5) is 14.7 Å². The van der Waals surface area contributed by atoms with Gasteiger partial charge < -0.3 is 40.3 Å². The lowest BCUT2D eigenvalue weighted by molar-refractivity contribution is -0.144. The van der Waals surface area contributed by atoms with Crippen molar-refractivity contribution in [3.63, 3.8) is 0 Å². The Morgan fingerprint density at radius 3 is 2.35 bits per heavy atom. The molecule has 0 saturated carbocycles. The van der Waals surface area contributed by atoms with Crippen LogP contribution in [-0.2, 0) is 45.0 Å². The summed E-state index contributed by atoms with van der Waals surface area (Å²) in [5, 5.41) is 30.9. The third-order valence-corrected chi connectivity index (χ3v) is 19.4. The SMILES string of the molecule is Cc1ncsc1-c1ccc([C@H](C)NC(=O)[C@@H]2C[C@@H](O)CN2C(=O)[C@@H](NC(=O)CCCCCCCC(=O)N(C)CCCc2cccc(F)c2OCCCc2sc(N3CCc4cccc(C(=O)Nc5nc6ccccc6s5)c4C3)nc2C(=O)O)C(C)(C)C)cc1. The van der Waals surface area contributed by atoms with E-state index in [-0.39, 0.29) is 67.1 Å². The molecule has 2 aliphatic rings. The van der Waals surface area contributed by atoms with E-state index < -0.39 is 41.3 Å². The Kier molecular flexibility index (Phi) is 21.8. The molecule has 5 heterocycles. The van der Waals surface area contributed by atoms with E-state index in [9.17, 15) is 39.0 Å². The zero-order chi connectivity index (χ0) is 62.6. The molecule has 0 unspecified atom stereocenters. The number of thiazole rings is 3. The molecule has 7 aromatic rings. The summed E-state index contributed by atoms with van der Waals surface area (Å²) < 4.78 is 22.3. The summed E-state index contributed by atoms with van der Waals surface area (Å²) in [6, 6.07) is 23.9. The molecule has 3 aromatic heterocycles. The Labute approximate surface area is 525 Å². The van der Waals surface area contributed by atoms with Crippen LogP contribution in [0, 0.1) is 18.2 Å². The molecule has 0 bridgehead atoms. The molecule has 0 spiro atoms. The van der Waals surface area contributed by atoms with Crippen molar-refractivity contribution >= 4 is 90.0 Å². The van der Waals surface area contributed by atoms with Gasteiger partial charge >= 0.3 is 5.97 Å². The molecule has 4 aromatic carbocycles. The number of carboxylic acid groups (broad SMARTS) is 1.